The Kier molecular flexibility index (Phi) is 11.6. The first-order chi connectivity index (χ1) is 12.6. The van der Waals surface area contributed by atoms with Gasteiger partial charge in [0.25, 0.3) is 0 Å². The van der Waals surface area contributed by atoms with Crippen molar-refractivity contribution in [3.05, 3.63) is 0 Å². The minimum absolute atomic E-state index is 0.0931. The van der Waals surface area contributed by atoms with Crippen LogP contribution >= 0.6 is 12.6 Å². The molecule has 3 unspecified atom stereocenters. The van der Waals surface area contributed by atoms with Crippen molar-refractivity contribution in [2.24, 2.45) is 22.2 Å². The molecule has 0 rings (SSSR count). The molecule has 3 atom stereocenters. The number of carboxylic acid groups (broad SMARTS) is 1. The van der Waals surface area contributed by atoms with E-state index in [1.54, 1.807) is 0 Å². The molecule has 27 heavy (non-hydrogen) atoms. The molecule has 3 amide bonds. The molecule has 0 aliphatic rings. The standard InChI is InChI=1S/C14H27N7O5S/c1-7(15)11(23)21-8(3-2-4-18-14(16)17)12(24)19-5-10(22)20-9(6-27)13(25)26/h7-9,27H,2-6,15H2,1H3,(H,19,24)(H,20,22)(H,21,23)(H,25,26)(H4,16,17,18). The Morgan fingerprint density at radius 1 is 1.11 bits per heavy atom. The van der Waals surface area contributed by atoms with E-state index in [1.165, 1.54) is 6.92 Å². The highest BCUT2D eigenvalue weighted by Crippen LogP contribution is 1.99. The summed E-state index contributed by atoms with van der Waals surface area (Å²) in [5.41, 5.74) is 15.9. The van der Waals surface area contributed by atoms with Crippen LogP contribution in [0.5, 0.6) is 0 Å². The third-order valence-corrected chi connectivity index (χ3v) is 3.60. The molecule has 154 valence electrons. The Morgan fingerprint density at radius 2 is 1.74 bits per heavy atom. The summed E-state index contributed by atoms with van der Waals surface area (Å²) in [6, 6.07) is -2.95. The van der Waals surface area contributed by atoms with E-state index >= 15 is 0 Å². The molecule has 0 aliphatic heterocycles. The molecule has 10 N–H and O–H groups in total. The number of guanidine groups is 1. The molecule has 13 heteroatoms. The first-order valence-corrected chi connectivity index (χ1v) is 8.73. The molecule has 0 radical (unpaired) electrons. The second-order valence-corrected chi connectivity index (χ2v) is 6.02. The van der Waals surface area contributed by atoms with Gasteiger partial charge in [-0.2, -0.15) is 12.6 Å². The maximum Gasteiger partial charge on any atom is 0.327 e. The van der Waals surface area contributed by atoms with Crippen LogP contribution in [0.25, 0.3) is 0 Å². The Balaban J connectivity index is 4.71. The molecule has 0 aliphatic carbocycles. The van der Waals surface area contributed by atoms with E-state index in [4.69, 9.17) is 22.3 Å². The van der Waals surface area contributed by atoms with Crippen LogP contribution in [0.4, 0.5) is 0 Å². The summed E-state index contributed by atoms with van der Waals surface area (Å²) in [5, 5.41) is 15.9. The van der Waals surface area contributed by atoms with E-state index < -0.39 is 48.4 Å². The molecule has 0 aromatic heterocycles. The van der Waals surface area contributed by atoms with Crippen LogP contribution in [0, 0.1) is 0 Å². The maximum atomic E-state index is 12.3. The van der Waals surface area contributed by atoms with Crippen molar-refractivity contribution in [2.45, 2.75) is 37.9 Å². The number of hydrogen-bond acceptors (Lipinski definition) is 7. The summed E-state index contributed by atoms with van der Waals surface area (Å²) in [7, 11) is 0. The summed E-state index contributed by atoms with van der Waals surface area (Å²) >= 11 is 3.82. The average molecular weight is 405 g/mol. The van der Waals surface area contributed by atoms with Crippen molar-refractivity contribution in [2.75, 3.05) is 18.8 Å². The van der Waals surface area contributed by atoms with Crippen LogP contribution in [0.2, 0.25) is 0 Å². The van der Waals surface area contributed by atoms with Gasteiger partial charge in [0.05, 0.1) is 12.6 Å². The summed E-state index contributed by atoms with van der Waals surface area (Å²) in [6.45, 7) is 1.25. The average Bonchev–Trinajstić information content (AvgIpc) is 2.59. The van der Waals surface area contributed by atoms with Gasteiger partial charge in [-0.3, -0.25) is 19.4 Å². The van der Waals surface area contributed by atoms with Crippen molar-refractivity contribution < 1.29 is 24.3 Å². The quantitative estimate of drug-likeness (QED) is 0.0703. The number of carbonyl (C=O) groups is 4. The van der Waals surface area contributed by atoms with Crippen molar-refractivity contribution in [1.29, 1.82) is 0 Å². The number of nitrogens with zero attached hydrogens (tertiary/aromatic N) is 1. The van der Waals surface area contributed by atoms with Gasteiger partial charge in [-0.1, -0.05) is 0 Å². The van der Waals surface area contributed by atoms with Gasteiger partial charge in [0, 0.05) is 12.3 Å². The van der Waals surface area contributed by atoms with Gasteiger partial charge in [-0.25, -0.2) is 4.79 Å². The number of thiol groups is 1. The first-order valence-electron chi connectivity index (χ1n) is 8.10. The number of aliphatic imine (C=N–C) groups is 1. The van der Waals surface area contributed by atoms with Crippen molar-refractivity contribution in [1.82, 2.24) is 16.0 Å². The number of carbonyl (C=O) groups excluding carboxylic acids is 3. The fraction of sp³-hybridized carbons (Fsp3) is 0.643. The monoisotopic (exact) mass is 405 g/mol. The first kappa shape index (κ1) is 24.5. The van der Waals surface area contributed by atoms with Crippen molar-refractivity contribution in [3.63, 3.8) is 0 Å². The Morgan fingerprint density at radius 3 is 2.22 bits per heavy atom. The number of aliphatic carboxylic acids is 1. The molecule has 12 nitrogen and oxygen atoms in total. The van der Waals surface area contributed by atoms with Crippen LogP contribution in [0.15, 0.2) is 4.99 Å². The SMILES string of the molecule is CC(N)C(=O)NC(CCCN=C(N)N)C(=O)NCC(=O)NC(CS)C(=O)O. The predicted octanol–water partition coefficient (Wildman–Crippen LogP) is -3.51. The largest absolute Gasteiger partial charge is 0.480 e. The van der Waals surface area contributed by atoms with Crippen molar-refractivity contribution >= 4 is 42.3 Å². The summed E-state index contributed by atoms with van der Waals surface area (Å²) in [4.78, 5) is 50.4. The van der Waals surface area contributed by atoms with Gasteiger partial charge in [-0.15, -0.1) is 0 Å². The van der Waals surface area contributed by atoms with Gasteiger partial charge >= 0.3 is 5.97 Å². The second-order valence-electron chi connectivity index (χ2n) is 5.66. The zero-order valence-electron chi connectivity index (χ0n) is 15.0. The van der Waals surface area contributed by atoms with Gasteiger partial charge in [0.15, 0.2) is 5.96 Å². The van der Waals surface area contributed by atoms with E-state index in [0.29, 0.717) is 6.42 Å². The minimum Gasteiger partial charge on any atom is -0.480 e. The van der Waals surface area contributed by atoms with Crippen LogP contribution < -0.4 is 33.2 Å². The third kappa shape index (κ3) is 10.9. The van der Waals surface area contributed by atoms with Gasteiger partial charge in [-0.05, 0) is 19.8 Å². The Labute approximate surface area is 162 Å². The summed E-state index contributed by atoms with van der Waals surface area (Å²) in [6.07, 6.45) is 0.596. The fourth-order valence-electron chi connectivity index (χ4n) is 1.80. The Bertz CT molecular complexity index is 566. The van der Waals surface area contributed by atoms with Crippen LogP contribution in [0.3, 0.4) is 0 Å². The molecular formula is C14H27N7O5S. The van der Waals surface area contributed by atoms with Gasteiger partial charge in [0.2, 0.25) is 17.7 Å². The van der Waals surface area contributed by atoms with Gasteiger partial charge < -0.3 is 38.3 Å². The number of nitrogens with one attached hydrogen (secondary N) is 3. The van der Waals surface area contributed by atoms with E-state index in [0.717, 1.165) is 0 Å². The van der Waals surface area contributed by atoms with Crippen LogP contribution in [-0.2, 0) is 19.2 Å². The molecule has 0 bridgehead atoms. The molecule has 0 fully saturated rings. The topological polar surface area (TPSA) is 215 Å². The lowest BCUT2D eigenvalue weighted by molar-refractivity contribution is -0.141. The molecular weight excluding hydrogens is 378 g/mol. The molecule has 0 heterocycles. The Hall–Kier alpha value is -2.54. The van der Waals surface area contributed by atoms with E-state index in [2.05, 4.69) is 33.6 Å². The highest BCUT2D eigenvalue weighted by Gasteiger charge is 2.23. The van der Waals surface area contributed by atoms with Gasteiger partial charge in [0.1, 0.15) is 12.1 Å². The highest BCUT2D eigenvalue weighted by molar-refractivity contribution is 7.80. The lowest BCUT2D eigenvalue weighted by atomic mass is 10.1. The van der Waals surface area contributed by atoms with Crippen LogP contribution in [0.1, 0.15) is 19.8 Å². The number of amides is 3. The molecule has 0 saturated heterocycles. The summed E-state index contributed by atoms with van der Waals surface area (Å²) < 4.78 is 0. The lowest BCUT2D eigenvalue weighted by Crippen LogP contribution is -2.53. The number of rotatable bonds is 12. The zero-order chi connectivity index (χ0) is 21.0. The lowest BCUT2D eigenvalue weighted by Gasteiger charge is -2.19. The molecule has 0 aromatic rings. The number of nitrogens with two attached hydrogens (primary N) is 3. The summed E-state index contributed by atoms with van der Waals surface area (Å²) in [5.74, 6) is -3.31. The highest BCUT2D eigenvalue weighted by atomic mass is 32.1. The minimum atomic E-state index is -1.24. The zero-order valence-corrected chi connectivity index (χ0v) is 15.9. The van der Waals surface area contributed by atoms with Crippen molar-refractivity contribution in [3.8, 4) is 0 Å². The number of carboxylic acids is 1. The third-order valence-electron chi connectivity index (χ3n) is 3.23. The van der Waals surface area contributed by atoms with E-state index in [9.17, 15) is 19.2 Å². The predicted molar refractivity (Wildman–Crippen MR) is 102 cm³/mol. The molecule has 0 saturated carbocycles. The molecule has 0 spiro atoms. The van der Waals surface area contributed by atoms with E-state index in [-0.39, 0.29) is 24.7 Å². The maximum absolute atomic E-state index is 12.3. The van der Waals surface area contributed by atoms with Crippen LogP contribution in [-0.4, -0.2) is 71.7 Å². The smallest absolute Gasteiger partial charge is 0.327 e. The second kappa shape index (κ2) is 12.8. The normalized spacial score (nSPS) is 13.6. The fourth-order valence-corrected chi connectivity index (χ4v) is 2.04. The number of hydrogen-bond donors (Lipinski definition) is 8. The molecule has 0 aromatic carbocycles. The van der Waals surface area contributed by atoms with E-state index in [1.807, 2.05) is 0 Å².